The molecule has 2 fully saturated rings. The number of esters is 1. The molecule has 0 aromatic heterocycles. The van der Waals surface area contributed by atoms with Crippen molar-refractivity contribution < 1.29 is 28.9 Å². The van der Waals surface area contributed by atoms with E-state index in [0.29, 0.717) is 0 Å². The van der Waals surface area contributed by atoms with Crippen LogP contribution < -0.4 is 4.46 Å². The van der Waals surface area contributed by atoms with Crippen LogP contribution in [0.5, 0.6) is 0 Å². The standard InChI is InChI=1S/C24H27NO6Se/c1-24(2,3)23(26)31-20-18(25-27)22(32-16-12-8-5-9-13-16)29-17-14-28-21(30-19(17)20)15-10-6-4-7-11-15/h4-13,17,19-22,27H,14H2,1-3H3/b25-18-/t17-,19-,20-,21-,22-/m1/s1. The molecule has 2 aromatic rings. The Balaban J connectivity index is 1.63. The van der Waals surface area contributed by atoms with E-state index in [1.807, 2.05) is 60.7 Å². The van der Waals surface area contributed by atoms with Gasteiger partial charge in [-0.25, -0.2) is 0 Å². The normalized spacial score (nSPS) is 29.3. The minimum atomic E-state index is -0.879. The summed E-state index contributed by atoms with van der Waals surface area (Å²) in [5, 5.41) is 13.0. The molecule has 170 valence electrons. The van der Waals surface area contributed by atoms with Gasteiger partial charge in [-0.1, -0.05) is 0 Å². The van der Waals surface area contributed by atoms with Crippen molar-refractivity contribution in [2.24, 2.45) is 10.6 Å². The number of fused-ring (bicyclic) bond motifs is 1. The van der Waals surface area contributed by atoms with E-state index in [-0.39, 0.29) is 27.3 Å². The summed E-state index contributed by atoms with van der Waals surface area (Å²) in [7, 11) is 0. The van der Waals surface area contributed by atoms with Crippen molar-refractivity contribution in [1.29, 1.82) is 0 Å². The van der Waals surface area contributed by atoms with Crippen molar-refractivity contribution in [3.63, 3.8) is 0 Å². The molecule has 1 N–H and O–H groups in total. The SMILES string of the molecule is CC(C)(C)C(=O)O[C@@H]1/C(=N/O)[C@@H]([Se]c2ccccc2)O[C@@H]2CO[C@@H](c3ccccc3)O[C@@H]12. The Morgan fingerprint density at radius 1 is 1.06 bits per heavy atom. The Hall–Kier alpha value is -2.22. The third kappa shape index (κ3) is 5.05. The molecule has 0 amide bonds. The van der Waals surface area contributed by atoms with E-state index >= 15 is 0 Å². The predicted molar refractivity (Wildman–Crippen MR) is 119 cm³/mol. The van der Waals surface area contributed by atoms with Crippen molar-refractivity contribution in [3.8, 4) is 0 Å². The van der Waals surface area contributed by atoms with Gasteiger partial charge in [0.15, 0.2) is 0 Å². The van der Waals surface area contributed by atoms with Crippen LogP contribution >= 0.6 is 0 Å². The number of carbonyl (C=O) groups excluding carboxylic acids is 1. The molecule has 0 bridgehead atoms. The summed E-state index contributed by atoms with van der Waals surface area (Å²) < 4.78 is 25.4. The second kappa shape index (κ2) is 9.73. The van der Waals surface area contributed by atoms with E-state index in [9.17, 15) is 10.0 Å². The molecule has 2 aromatic carbocycles. The van der Waals surface area contributed by atoms with E-state index in [4.69, 9.17) is 18.9 Å². The van der Waals surface area contributed by atoms with Crippen LogP contribution in [0.3, 0.4) is 0 Å². The molecule has 0 saturated carbocycles. The van der Waals surface area contributed by atoms with Gasteiger partial charge >= 0.3 is 194 Å². The zero-order valence-electron chi connectivity index (χ0n) is 18.2. The Morgan fingerprint density at radius 2 is 1.72 bits per heavy atom. The number of benzene rings is 2. The maximum absolute atomic E-state index is 12.8. The van der Waals surface area contributed by atoms with Gasteiger partial charge in [0.05, 0.1) is 0 Å². The molecule has 2 saturated heterocycles. The third-order valence-electron chi connectivity index (χ3n) is 5.21. The quantitative estimate of drug-likeness (QED) is 0.298. The summed E-state index contributed by atoms with van der Waals surface area (Å²) in [5.74, 6) is -0.401. The summed E-state index contributed by atoms with van der Waals surface area (Å²) in [6.45, 7) is 5.62. The van der Waals surface area contributed by atoms with Crippen molar-refractivity contribution in [1.82, 2.24) is 0 Å². The monoisotopic (exact) mass is 505 g/mol. The van der Waals surface area contributed by atoms with Crippen molar-refractivity contribution in [2.75, 3.05) is 6.61 Å². The molecule has 2 heterocycles. The molecule has 5 atom stereocenters. The Kier molecular flexibility index (Phi) is 6.98. The number of nitrogens with zero attached hydrogens (tertiary/aromatic N) is 1. The molecule has 2 aliphatic heterocycles. The van der Waals surface area contributed by atoms with E-state index in [1.54, 1.807) is 20.8 Å². The van der Waals surface area contributed by atoms with Crippen LogP contribution in [0.15, 0.2) is 65.8 Å². The van der Waals surface area contributed by atoms with Gasteiger partial charge in [-0.15, -0.1) is 0 Å². The fraction of sp³-hybridized carbons (Fsp3) is 0.417. The number of rotatable bonds is 4. The predicted octanol–water partition coefficient (Wildman–Crippen LogP) is 2.64. The van der Waals surface area contributed by atoms with Gasteiger partial charge in [-0.3, -0.25) is 0 Å². The van der Waals surface area contributed by atoms with E-state index in [2.05, 4.69) is 5.16 Å². The summed E-state index contributed by atoms with van der Waals surface area (Å²) in [6, 6.07) is 19.4. The molecule has 0 radical (unpaired) electrons. The third-order valence-corrected chi connectivity index (χ3v) is 7.54. The fourth-order valence-corrected chi connectivity index (χ4v) is 5.71. The minimum absolute atomic E-state index is 0.212. The molecule has 2 aliphatic rings. The van der Waals surface area contributed by atoms with Crippen LogP contribution in [0.4, 0.5) is 0 Å². The first-order chi connectivity index (χ1) is 15.4. The average molecular weight is 504 g/mol. The topological polar surface area (TPSA) is 86.6 Å². The summed E-state index contributed by atoms with van der Waals surface area (Å²) in [6.07, 6.45) is -2.63. The summed E-state index contributed by atoms with van der Waals surface area (Å²) in [5.41, 5.74) is 0.393. The Morgan fingerprint density at radius 3 is 2.34 bits per heavy atom. The average Bonchev–Trinajstić information content (AvgIpc) is 2.79. The van der Waals surface area contributed by atoms with Gasteiger partial charge in [0.25, 0.3) is 0 Å². The molecular formula is C24H27NO6Se. The van der Waals surface area contributed by atoms with Crippen LogP contribution in [0.1, 0.15) is 32.6 Å². The zero-order valence-corrected chi connectivity index (χ0v) is 19.9. The fourth-order valence-electron chi connectivity index (χ4n) is 3.48. The number of hydrogen-bond acceptors (Lipinski definition) is 7. The molecule has 8 heteroatoms. The maximum atomic E-state index is 12.8. The molecule has 7 nitrogen and oxygen atoms in total. The summed E-state index contributed by atoms with van der Waals surface area (Å²) in [4.78, 5) is 12.8. The van der Waals surface area contributed by atoms with E-state index in [0.717, 1.165) is 10.0 Å². The molecule has 0 aliphatic carbocycles. The first-order valence-electron chi connectivity index (χ1n) is 10.5. The van der Waals surface area contributed by atoms with Crippen LogP contribution in [-0.2, 0) is 23.7 Å². The van der Waals surface area contributed by atoms with Crippen LogP contribution in [-0.4, -0.2) is 61.8 Å². The van der Waals surface area contributed by atoms with Crippen molar-refractivity contribution in [3.05, 3.63) is 66.2 Å². The van der Waals surface area contributed by atoms with Gasteiger partial charge in [-0.2, -0.15) is 0 Å². The second-order valence-electron chi connectivity index (χ2n) is 8.71. The first-order valence-corrected chi connectivity index (χ1v) is 12.3. The number of oxime groups is 1. The molecule has 4 rings (SSSR count). The summed E-state index contributed by atoms with van der Waals surface area (Å²) >= 11 is -0.212. The molecule has 32 heavy (non-hydrogen) atoms. The van der Waals surface area contributed by atoms with Gasteiger partial charge in [0.1, 0.15) is 0 Å². The molecule has 0 spiro atoms. The number of hydrogen-bond donors (Lipinski definition) is 1. The first kappa shape index (κ1) is 23.0. The van der Waals surface area contributed by atoms with Crippen LogP contribution in [0.25, 0.3) is 0 Å². The van der Waals surface area contributed by atoms with Gasteiger partial charge < -0.3 is 0 Å². The molecule has 0 unspecified atom stereocenters. The zero-order chi connectivity index (χ0) is 22.7. The Bertz CT molecular complexity index is 946. The second-order valence-corrected chi connectivity index (χ2v) is 11.1. The van der Waals surface area contributed by atoms with Gasteiger partial charge in [-0.05, 0) is 0 Å². The number of ether oxygens (including phenoxy) is 4. The van der Waals surface area contributed by atoms with Crippen molar-refractivity contribution in [2.45, 2.75) is 50.4 Å². The van der Waals surface area contributed by atoms with Gasteiger partial charge in [0, 0.05) is 0 Å². The van der Waals surface area contributed by atoms with Crippen molar-refractivity contribution >= 4 is 31.1 Å². The molecular weight excluding hydrogens is 477 g/mol. The number of carbonyl (C=O) groups is 1. The van der Waals surface area contributed by atoms with E-state index < -0.39 is 41.0 Å². The van der Waals surface area contributed by atoms with Crippen LogP contribution in [0, 0.1) is 5.41 Å². The van der Waals surface area contributed by atoms with Gasteiger partial charge in [0.2, 0.25) is 0 Å². The Labute approximate surface area is 193 Å². The van der Waals surface area contributed by atoms with Crippen LogP contribution in [0.2, 0.25) is 0 Å². The van der Waals surface area contributed by atoms with E-state index in [1.165, 1.54) is 0 Å².